The van der Waals surface area contributed by atoms with Crippen LogP contribution in [-0.4, -0.2) is 40.5 Å². The average Bonchev–Trinajstić information content (AvgIpc) is 3.14. The van der Waals surface area contributed by atoms with E-state index in [-0.39, 0.29) is 30.5 Å². The van der Waals surface area contributed by atoms with Crippen molar-refractivity contribution >= 4 is 29.9 Å². The molecule has 8 heteroatoms. The lowest BCUT2D eigenvalue weighted by molar-refractivity contribution is 0.0657. The first-order valence-corrected chi connectivity index (χ1v) is 8.22. The molecule has 7 nitrogen and oxygen atoms in total. The number of rotatable bonds is 7. The summed E-state index contributed by atoms with van der Waals surface area (Å²) in [5, 5.41) is 21.3. The maximum atomic E-state index is 10.7. The van der Waals surface area contributed by atoms with Gasteiger partial charge < -0.3 is 20.2 Å². The van der Waals surface area contributed by atoms with Gasteiger partial charge in [-0.05, 0) is 39.8 Å². The third kappa shape index (κ3) is 6.35. The zero-order chi connectivity index (χ0) is 17.6. The Balaban J connectivity index is 0.00000312. The van der Waals surface area contributed by atoms with Crippen molar-refractivity contribution in [2.45, 2.75) is 39.8 Å². The van der Waals surface area contributed by atoms with Crippen molar-refractivity contribution in [3.63, 3.8) is 0 Å². The minimum absolute atomic E-state index is 0. The second-order valence-corrected chi connectivity index (χ2v) is 5.99. The summed E-state index contributed by atoms with van der Waals surface area (Å²) in [5.41, 5.74) is -0.303. The first kappa shape index (κ1) is 21.5. The van der Waals surface area contributed by atoms with Crippen LogP contribution in [0.4, 0.5) is 0 Å². The molecule has 140 valence electrons. The molecule has 1 unspecified atom stereocenters. The van der Waals surface area contributed by atoms with Gasteiger partial charge in [0.2, 0.25) is 0 Å². The summed E-state index contributed by atoms with van der Waals surface area (Å²) in [6.07, 6.45) is 3.67. The second kappa shape index (κ2) is 9.81. The summed E-state index contributed by atoms with van der Waals surface area (Å²) >= 11 is 0. The Morgan fingerprint density at radius 2 is 2.16 bits per heavy atom. The Kier molecular flexibility index (Phi) is 8.43. The fourth-order valence-corrected chi connectivity index (χ4v) is 2.55. The fourth-order valence-electron chi connectivity index (χ4n) is 2.55. The summed E-state index contributed by atoms with van der Waals surface area (Å²) in [7, 11) is 0. The minimum atomic E-state index is -1.08. The monoisotopic (exact) mass is 461 g/mol. The first-order chi connectivity index (χ1) is 11.4. The number of aryl methyl sites for hydroxylation is 2. The number of nitrogens with one attached hydrogen (secondary N) is 2. The lowest BCUT2D eigenvalue weighted by Crippen LogP contribution is -2.40. The van der Waals surface area contributed by atoms with E-state index < -0.39 is 5.60 Å². The number of aliphatic imine (C=N–C) groups is 1. The summed E-state index contributed by atoms with van der Waals surface area (Å²) in [4.78, 5) is 4.50. The Hall–Kier alpha value is -1.55. The number of hydrogen-bond acceptors (Lipinski definition) is 4. The van der Waals surface area contributed by atoms with Crippen molar-refractivity contribution in [2.24, 2.45) is 4.99 Å². The van der Waals surface area contributed by atoms with E-state index in [9.17, 15) is 5.11 Å². The number of hydrogen-bond donors (Lipinski definition) is 3. The molecular formula is C17H28IN5O2. The molecule has 1 atom stereocenters. The van der Waals surface area contributed by atoms with Crippen molar-refractivity contribution in [1.82, 2.24) is 20.4 Å². The molecule has 0 spiro atoms. The standard InChI is InChI=1S/C17H27N5O2.HI/c1-5-18-16(19-8-10-22-9-6-7-21-22)20-12-17(4,23)15-11-13(2)24-14(15)3;/h6-7,9,11,23H,5,8,10,12H2,1-4H3,(H2,18,19,20);1H. The number of aliphatic hydroxyl groups is 1. The topological polar surface area (TPSA) is 87.6 Å². The van der Waals surface area contributed by atoms with Crippen molar-refractivity contribution in [3.05, 3.63) is 41.6 Å². The van der Waals surface area contributed by atoms with E-state index in [4.69, 9.17) is 4.42 Å². The molecule has 25 heavy (non-hydrogen) atoms. The highest BCUT2D eigenvalue weighted by Crippen LogP contribution is 2.27. The molecule has 0 saturated heterocycles. The maximum Gasteiger partial charge on any atom is 0.191 e. The highest BCUT2D eigenvalue weighted by Gasteiger charge is 2.27. The van der Waals surface area contributed by atoms with Gasteiger partial charge >= 0.3 is 0 Å². The lowest BCUT2D eigenvalue weighted by atomic mass is 9.96. The molecule has 0 aliphatic heterocycles. The third-order valence-corrected chi connectivity index (χ3v) is 3.70. The molecule has 0 aliphatic carbocycles. The van der Waals surface area contributed by atoms with Crippen molar-refractivity contribution in [3.8, 4) is 0 Å². The number of guanidine groups is 1. The van der Waals surface area contributed by atoms with Crippen molar-refractivity contribution in [2.75, 3.05) is 19.6 Å². The zero-order valence-corrected chi connectivity index (χ0v) is 17.6. The lowest BCUT2D eigenvalue weighted by Gasteiger charge is -2.21. The third-order valence-electron chi connectivity index (χ3n) is 3.70. The van der Waals surface area contributed by atoms with E-state index in [1.807, 2.05) is 43.8 Å². The predicted octanol–water partition coefficient (Wildman–Crippen LogP) is 2.17. The number of nitrogens with zero attached hydrogens (tertiary/aromatic N) is 3. The van der Waals surface area contributed by atoms with Crippen LogP contribution in [0.15, 0.2) is 33.9 Å². The van der Waals surface area contributed by atoms with Crippen LogP contribution >= 0.6 is 24.0 Å². The van der Waals surface area contributed by atoms with Crippen molar-refractivity contribution < 1.29 is 9.52 Å². The quantitative estimate of drug-likeness (QED) is 0.334. The predicted molar refractivity (Wildman–Crippen MR) is 109 cm³/mol. The Morgan fingerprint density at radius 3 is 2.72 bits per heavy atom. The molecule has 0 saturated carbocycles. The Bertz CT molecular complexity index is 665. The van der Waals surface area contributed by atoms with Gasteiger partial charge in [0, 0.05) is 31.0 Å². The zero-order valence-electron chi connectivity index (χ0n) is 15.2. The number of halogens is 1. The molecule has 0 aromatic carbocycles. The summed E-state index contributed by atoms with van der Waals surface area (Å²) in [6, 6.07) is 3.76. The average molecular weight is 461 g/mol. The Morgan fingerprint density at radius 1 is 1.40 bits per heavy atom. The number of furan rings is 1. The van der Waals surface area contributed by atoms with Gasteiger partial charge in [0.25, 0.3) is 0 Å². The van der Waals surface area contributed by atoms with Gasteiger partial charge in [0.15, 0.2) is 5.96 Å². The highest BCUT2D eigenvalue weighted by molar-refractivity contribution is 14.0. The smallest absolute Gasteiger partial charge is 0.191 e. The SMILES string of the molecule is CCNC(=NCC(C)(O)c1cc(C)oc1C)NCCn1cccn1.I. The first-order valence-electron chi connectivity index (χ1n) is 8.22. The van der Waals surface area contributed by atoms with Crippen molar-refractivity contribution in [1.29, 1.82) is 0 Å². The molecule has 0 radical (unpaired) electrons. The van der Waals surface area contributed by atoms with Gasteiger partial charge in [-0.25, -0.2) is 4.99 Å². The molecule has 0 amide bonds. The van der Waals surface area contributed by atoms with Crippen LogP contribution in [0, 0.1) is 13.8 Å². The van der Waals surface area contributed by atoms with Gasteiger partial charge in [-0.15, -0.1) is 24.0 Å². The van der Waals surface area contributed by atoms with E-state index >= 15 is 0 Å². The summed E-state index contributed by atoms with van der Waals surface area (Å²) in [6.45, 7) is 9.91. The molecule has 2 aromatic rings. The largest absolute Gasteiger partial charge is 0.466 e. The van der Waals surface area contributed by atoms with Gasteiger partial charge in [-0.2, -0.15) is 5.10 Å². The summed E-state index contributed by atoms with van der Waals surface area (Å²) < 4.78 is 7.36. The molecule has 0 fully saturated rings. The van der Waals surface area contributed by atoms with Crippen LogP contribution in [0.25, 0.3) is 0 Å². The fraction of sp³-hybridized carbons (Fsp3) is 0.529. The normalized spacial score (nSPS) is 13.9. The van der Waals surface area contributed by atoms with Gasteiger partial charge in [-0.3, -0.25) is 4.68 Å². The highest BCUT2D eigenvalue weighted by atomic mass is 127. The second-order valence-electron chi connectivity index (χ2n) is 5.99. The molecule has 0 aliphatic rings. The molecule has 3 N–H and O–H groups in total. The van der Waals surface area contributed by atoms with Crippen LogP contribution in [0.5, 0.6) is 0 Å². The molecule has 2 rings (SSSR count). The summed E-state index contributed by atoms with van der Waals surface area (Å²) in [5.74, 6) is 2.18. The van der Waals surface area contributed by atoms with E-state index in [1.54, 1.807) is 13.1 Å². The molecule has 0 bridgehead atoms. The van der Waals surface area contributed by atoms with Crippen LogP contribution in [0.2, 0.25) is 0 Å². The number of aromatic nitrogens is 2. The van der Waals surface area contributed by atoms with Gasteiger partial charge in [0.05, 0.1) is 13.1 Å². The van der Waals surface area contributed by atoms with E-state index in [0.717, 1.165) is 30.2 Å². The van der Waals surface area contributed by atoms with Gasteiger partial charge in [-0.1, -0.05) is 0 Å². The molecule has 2 aromatic heterocycles. The minimum Gasteiger partial charge on any atom is -0.466 e. The maximum absolute atomic E-state index is 10.7. The van der Waals surface area contributed by atoms with E-state index in [0.29, 0.717) is 12.5 Å². The Labute approximate surface area is 165 Å². The van der Waals surface area contributed by atoms with Crippen LogP contribution < -0.4 is 10.6 Å². The van der Waals surface area contributed by atoms with Gasteiger partial charge in [0.1, 0.15) is 17.1 Å². The van der Waals surface area contributed by atoms with Crippen LogP contribution in [-0.2, 0) is 12.1 Å². The van der Waals surface area contributed by atoms with E-state index in [2.05, 4.69) is 20.7 Å². The van der Waals surface area contributed by atoms with E-state index in [1.165, 1.54) is 0 Å². The molecule has 2 heterocycles. The van der Waals surface area contributed by atoms with Crippen LogP contribution in [0.1, 0.15) is 30.9 Å². The van der Waals surface area contributed by atoms with Crippen LogP contribution in [0.3, 0.4) is 0 Å². The molecular weight excluding hydrogens is 433 g/mol.